The maximum absolute atomic E-state index is 5.82. The van der Waals surface area contributed by atoms with E-state index in [9.17, 15) is 0 Å². The number of ether oxygens (including phenoxy) is 1. The molecular formula is C10H15ClN2OS. The Kier molecular flexibility index (Phi) is 3.28. The summed E-state index contributed by atoms with van der Waals surface area (Å²) in [6.45, 7) is 2.25. The van der Waals surface area contributed by atoms with Gasteiger partial charge in [0.15, 0.2) is 5.82 Å². The summed E-state index contributed by atoms with van der Waals surface area (Å²) in [4.78, 5) is 4.26. The summed E-state index contributed by atoms with van der Waals surface area (Å²) < 4.78 is 10.5. The SMILES string of the molecule is COC1(c2nsc(Cl)n2)CCCC(C)C1. The summed E-state index contributed by atoms with van der Waals surface area (Å²) in [5.74, 6) is 1.44. The lowest BCUT2D eigenvalue weighted by atomic mass is 9.78. The number of hydrogen-bond donors (Lipinski definition) is 0. The summed E-state index contributed by atoms with van der Waals surface area (Å²) in [7, 11) is 1.74. The van der Waals surface area contributed by atoms with Crippen LogP contribution in [-0.4, -0.2) is 16.5 Å². The van der Waals surface area contributed by atoms with Gasteiger partial charge in [-0.15, -0.1) is 0 Å². The number of methoxy groups -OCH3 is 1. The van der Waals surface area contributed by atoms with Gasteiger partial charge in [0.2, 0.25) is 4.47 Å². The molecule has 2 unspecified atom stereocenters. The van der Waals surface area contributed by atoms with E-state index in [0.29, 0.717) is 10.4 Å². The van der Waals surface area contributed by atoms with Crippen molar-refractivity contribution in [2.24, 2.45) is 5.92 Å². The topological polar surface area (TPSA) is 35.0 Å². The fraction of sp³-hybridized carbons (Fsp3) is 0.800. The van der Waals surface area contributed by atoms with Crippen LogP contribution in [-0.2, 0) is 10.3 Å². The van der Waals surface area contributed by atoms with Gasteiger partial charge >= 0.3 is 0 Å². The highest BCUT2D eigenvalue weighted by atomic mass is 35.5. The third-order valence-electron chi connectivity index (χ3n) is 3.16. The second kappa shape index (κ2) is 4.36. The van der Waals surface area contributed by atoms with Crippen LogP contribution in [0.2, 0.25) is 4.47 Å². The van der Waals surface area contributed by atoms with Crippen LogP contribution in [0.1, 0.15) is 38.4 Å². The van der Waals surface area contributed by atoms with Crippen molar-refractivity contribution in [1.82, 2.24) is 9.36 Å². The normalized spacial score (nSPS) is 31.8. The first-order valence-corrected chi connectivity index (χ1v) is 6.36. The molecule has 1 saturated carbocycles. The first-order valence-electron chi connectivity index (χ1n) is 5.21. The third kappa shape index (κ3) is 2.17. The highest BCUT2D eigenvalue weighted by molar-refractivity contribution is 7.10. The van der Waals surface area contributed by atoms with Gasteiger partial charge in [0.1, 0.15) is 5.60 Å². The van der Waals surface area contributed by atoms with Crippen LogP contribution in [0.25, 0.3) is 0 Å². The van der Waals surface area contributed by atoms with Crippen LogP contribution in [0.5, 0.6) is 0 Å². The van der Waals surface area contributed by atoms with Gasteiger partial charge in [-0.05, 0) is 48.3 Å². The molecule has 1 aromatic rings. The lowest BCUT2D eigenvalue weighted by molar-refractivity contribution is -0.0637. The summed E-state index contributed by atoms with van der Waals surface area (Å²) in [6, 6.07) is 0. The Bertz CT molecular complexity index is 344. The quantitative estimate of drug-likeness (QED) is 0.804. The summed E-state index contributed by atoms with van der Waals surface area (Å²) in [5, 5.41) is 0. The molecule has 84 valence electrons. The second-order valence-electron chi connectivity index (χ2n) is 4.27. The van der Waals surface area contributed by atoms with E-state index in [2.05, 4.69) is 16.3 Å². The van der Waals surface area contributed by atoms with Crippen LogP contribution >= 0.6 is 23.1 Å². The third-order valence-corrected chi connectivity index (χ3v) is 3.95. The molecule has 0 aliphatic heterocycles. The minimum Gasteiger partial charge on any atom is -0.370 e. The van der Waals surface area contributed by atoms with E-state index in [1.165, 1.54) is 24.4 Å². The van der Waals surface area contributed by atoms with E-state index in [1.807, 2.05) is 0 Å². The monoisotopic (exact) mass is 246 g/mol. The van der Waals surface area contributed by atoms with Crippen LogP contribution in [0, 0.1) is 5.92 Å². The largest absolute Gasteiger partial charge is 0.370 e. The zero-order chi connectivity index (χ0) is 10.9. The summed E-state index contributed by atoms with van der Waals surface area (Å²) in [5.41, 5.74) is -0.290. The number of halogens is 1. The Morgan fingerprint density at radius 2 is 2.40 bits per heavy atom. The predicted molar refractivity (Wildman–Crippen MR) is 61.2 cm³/mol. The van der Waals surface area contributed by atoms with Crippen molar-refractivity contribution in [2.75, 3.05) is 7.11 Å². The van der Waals surface area contributed by atoms with Crippen molar-refractivity contribution in [1.29, 1.82) is 0 Å². The molecule has 15 heavy (non-hydrogen) atoms. The van der Waals surface area contributed by atoms with Crippen LogP contribution < -0.4 is 0 Å². The molecule has 5 heteroatoms. The van der Waals surface area contributed by atoms with Crippen molar-refractivity contribution in [3.63, 3.8) is 0 Å². The molecule has 0 radical (unpaired) electrons. The smallest absolute Gasteiger partial charge is 0.203 e. The van der Waals surface area contributed by atoms with Crippen LogP contribution in [0.15, 0.2) is 0 Å². The lowest BCUT2D eigenvalue weighted by Crippen LogP contribution is -2.35. The van der Waals surface area contributed by atoms with Gasteiger partial charge in [0, 0.05) is 7.11 Å². The Hall–Kier alpha value is -0.190. The predicted octanol–water partition coefficient (Wildman–Crippen LogP) is 3.24. The minimum absolute atomic E-state index is 0.290. The second-order valence-corrected chi connectivity index (χ2v) is 5.60. The highest BCUT2D eigenvalue weighted by Crippen LogP contribution is 2.41. The number of nitrogens with zero attached hydrogens (tertiary/aromatic N) is 2. The molecule has 2 atom stereocenters. The summed E-state index contributed by atoms with van der Waals surface area (Å²) >= 11 is 7.06. The molecule has 1 aliphatic carbocycles. The molecule has 1 fully saturated rings. The first-order chi connectivity index (χ1) is 7.16. The van der Waals surface area contributed by atoms with Crippen molar-refractivity contribution < 1.29 is 4.74 Å². The molecule has 1 aromatic heterocycles. The molecule has 3 nitrogen and oxygen atoms in total. The molecule has 0 aromatic carbocycles. The average Bonchev–Trinajstić information content (AvgIpc) is 2.65. The van der Waals surface area contributed by atoms with Gasteiger partial charge in [-0.2, -0.15) is 4.37 Å². The molecule has 0 saturated heterocycles. The maximum atomic E-state index is 5.82. The van der Waals surface area contributed by atoms with E-state index in [-0.39, 0.29) is 5.60 Å². The lowest BCUT2D eigenvalue weighted by Gasteiger charge is -2.36. The number of rotatable bonds is 2. The number of hydrogen-bond acceptors (Lipinski definition) is 4. The fourth-order valence-corrected chi connectivity index (χ4v) is 3.05. The van der Waals surface area contributed by atoms with Crippen molar-refractivity contribution in [2.45, 2.75) is 38.2 Å². The van der Waals surface area contributed by atoms with E-state index in [1.54, 1.807) is 7.11 Å². The molecule has 0 amide bonds. The Morgan fingerprint density at radius 1 is 1.60 bits per heavy atom. The highest BCUT2D eigenvalue weighted by Gasteiger charge is 2.40. The van der Waals surface area contributed by atoms with Gasteiger partial charge in [0.05, 0.1) is 0 Å². The first kappa shape index (κ1) is 11.3. The molecule has 0 N–H and O–H groups in total. The molecule has 0 bridgehead atoms. The molecule has 1 aliphatic rings. The Balaban J connectivity index is 2.27. The van der Waals surface area contributed by atoms with Crippen LogP contribution in [0.4, 0.5) is 0 Å². The van der Waals surface area contributed by atoms with E-state index < -0.39 is 0 Å². The maximum Gasteiger partial charge on any atom is 0.203 e. The van der Waals surface area contributed by atoms with Gasteiger partial charge in [-0.1, -0.05) is 13.3 Å². The van der Waals surface area contributed by atoms with E-state index in [0.717, 1.165) is 18.7 Å². The number of aromatic nitrogens is 2. The summed E-state index contributed by atoms with van der Waals surface area (Å²) in [6.07, 6.45) is 4.44. The van der Waals surface area contributed by atoms with Crippen molar-refractivity contribution in [3.05, 3.63) is 10.3 Å². The van der Waals surface area contributed by atoms with Gasteiger partial charge in [-0.3, -0.25) is 0 Å². The fourth-order valence-electron chi connectivity index (χ4n) is 2.37. The Morgan fingerprint density at radius 3 is 2.93 bits per heavy atom. The van der Waals surface area contributed by atoms with E-state index >= 15 is 0 Å². The minimum atomic E-state index is -0.290. The molecule has 1 heterocycles. The molecule has 0 spiro atoms. The van der Waals surface area contributed by atoms with Gasteiger partial charge in [0.25, 0.3) is 0 Å². The van der Waals surface area contributed by atoms with Crippen molar-refractivity contribution in [3.8, 4) is 0 Å². The van der Waals surface area contributed by atoms with E-state index in [4.69, 9.17) is 16.3 Å². The average molecular weight is 247 g/mol. The van der Waals surface area contributed by atoms with Crippen LogP contribution in [0.3, 0.4) is 0 Å². The van der Waals surface area contributed by atoms with Gasteiger partial charge < -0.3 is 4.74 Å². The Labute approximate surface area is 99.0 Å². The van der Waals surface area contributed by atoms with Crippen molar-refractivity contribution >= 4 is 23.1 Å². The zero-order valence-corrected chi connectivity index (χ0v) is 10.6. The molecular weight excluding hydrogens is 232 g/mol. The standard InChI is InChI=1S/C10H15ClN2OS/c1-7-4-3-5-10(6-7,14-2)8-12-9(11)15-13-8/h7H,3-6H2,1-2H3. The zero-order valence-electron chi connectivity index (χ0n) is 8.99. The van der Waals surface area contributed by atoms with Gasteiger partial charge in [-0.25, -0.2) is 4.98 Å². The molecule has 2 rings (SSSR count).